The summed E-state index contributed by atoms with van der Waals surface area (Å²) in [6, 6.07) is 8.26. The highest BCUT2D eigenvalue weighted by Gasteiger charge is 2.14. The van der Waals surface area contributed by atoms with Crippen molar-refractivity contribution in [2.75, 3.05) is 0 Å². The minimum absolute atomic E-state index is 0.878. The van der Waals surface area contributed by atoms with E-state index in [1.807, 2.05) is 12.1 Å². The molecule has 1 heteroatoms. The molecule has 1 aromatic rings. The molecule has 0 spiro atoms. The zero-order chi connectivity index (χ0) is 9.80. The average Bonchev–Trinajstić information content (AvgIpc) is 2.23. The first-order valence-electron chi connectivity index (χ1n) is 5.59. The molecule has 0 bridgehead atoms. The van der Waals surface area contributed by atoms with Crippen LogP contribution in [0.2, 0.25) is 5.02 Å². The predicted octanol–water partition coefficient (Wildman–Crippen LogP) is 4.46. The summed E-state index contributed by atoms with van der Waals surface area (Å²) in [6.45, 7) is 0. The Labute approximate surface area is 91.3 Å². The smallest absolute Gasteiger partial charge is 0.0438 e. The number of rotatable bonds is 2. The molecule has 1 aliphatic rings. The summed E-state index contributed by atoms with van der Waals surface area (Å²) in [7, 11) is 0. The van der Waals surface area contributed by atoms with E-state index in [9.17, 15) is 0 Å². The van der Waals surface area contributed by atoms with Crippen molar-refractivity contribution >= 4 is 11.6 Å². The molecule has 1 fully saturated rings. The first-order valence-corrected chi connectivity index (χ1v) is 5.97. The third-order valence-electron chi connectivity index (χ3n) is 3.19. The van der Waals surface area contributed by atoms with Crippen LogP contribution in [-0.2, 0) is 6.42 Å². The van der Waals surface area contributed by atoms with Gasteiger partial charge in [-0.1, -0.05) is 61.9 Å². The Hall–Kier alpha value is -0.490. The molecule has 0 unspecified atom stereocenters. The highest BCUT2D eigenvalue weighted by atomic mass is 35.5. The summed E-state index contributed by atoms with van der Waals surface area (Å²) in [5.74, 6) is 0.878. The Morgan fingerprint density at radius 1 is 1.07 bits per heavy atom. The van der Waals surface area contributed by atoms with Crippen LogP contribution in [0.5, 0.6) is 0 Å². The van der Waals surface area contributed by atoms with Gasteiger partial charge < -0.3 is 0 Å². The van der Waals surface area contributed by atoms with Crippen LogP contribution in [0.4, 0.5) is 0 Å². The molecule has 0 atom stereocenters. The lowest BCUT2D eigenvalue weighted by atomic mass is 9.85. The summed E-state index contributed by atoms with van der Waals surface area (Å²) in [4.78, 5) is 0. The maximum Gasteiger partial charge on any atom is 0.0438 e. The van der Waals surface area contributed by atoms with E-state index in [2.05, 4.69) is 12.1 Å². The lowest BCUT2D eigenvalue weighted by Crippen LogP contribution is -2.09. The van der Waals surface area contributed by atoms with Gasteiger partial charge in [0.15, 0.2) is 0 Å². The fraction of sp³-hybridized carbons (Fsp3) is 0.538. The topological polar surface area (TPSA) is 0 Å². The Morgan fingerprint density at radius 2 is 1.79 bits per heavy atom. The van der Waals surface area contributed by atoms with Crippen molar-refractivity contribution in [1.82, 2.24) is 0 Å². The molecule has 1 aliphatic carbocycles. The van der Waals surface area contributed by atoms with Gasteiger partial charge in [0.1, 0.15) is 0 Å². The third kappa shape index (κ3) is 2.51. The normalized spacial score (nSPS) is 18.4. The largest absolute Gasteiger partial charge is 0.0840 e. The van der Waals surface area contributed by atoms with Gasteiger partial charge in [0, 0.05) is 5.02 Å². The standard InChI is InChI=1S/C13H17Cl/c14-13-9-5-4-8-12(13)10-11-6-2-1-3-7-11/h4-5,8-9,11H,1-3,6-7,10H2. The molecule has 2 rings (SSSR count). The second kappa shape index (κ2) is 4.84. The van der Waals surface area contributed by atoms with Crippen molar-refractivity contribution in [2.45, 2.75) is 38.5 Å². The van der Waals surface area contributed by atoms with Crippen molar-refractivity contribution in [1.29, 1.82) is 0 Å². The fourth-order valence-electron chi connectivity index (χ4n) is 2.37. The quantitative estimate of drug-likeness (QED) is 0.673. The SMILES string of the molecule is Clc1ccccc1CC1CCCCC1. The second-order valence-corrected chi connectivity index (χ2v) is 4.71. The minimum Gasteiger partial charge on any atom is -0.0840 e. The monoisotopic (exact) mass is 208 g/mol. The van der Waals surface area contributed by atoms with Gasteiger partial charge in [0.05, 0.1) is 0 Å². The van der Waals surface area contributed by atoms with Gasteiger partial charge in [-0.05, 0) is 24.0 Å². The van der Waals surface area contributed by atoms with E-state index in [1.165, 1.54) is 44.1 Å². The molecule has 0 aliphatic heterocycles. The average molecular weight is 209 g/mol. The van der Waals surface area contributed by atoms with Crippen LogP contribution in [0.25, 0.3) is 0 Å². The van der Waals surface area contributed by atoms with Gasteiger partial charge in [0.25, 0.3) is 0 Å². The lowest BCUT2D eigenvalue weighted by molar-refractivity contribution is 0.357. The van der Waals surface area contributed by atoms with E-state index in [4.69, 9.17) is 11.6 Å². The van der Waals surface area contributed by atoms with E-state index >= 15 is 0 Å². The number of hydrogen-bond acceptors (Lipinski definition) is 0. The summed E-state index contributed by atoms with van der Waals surface area (Å²) in [5, 5.41) is 0.943. The molecule has 0 nitrogen and oxygen atoms in total. The molecule has 0 heterocycles. The van der Waals surface area contributed by atoms with Crippen LogP contribution >= 0.6 is 11.6 Å². The Balaban J connectivity index is 1.99. The van der Waals surface area contributed by atoms with Crippen molar-refractivity contribution in [3.63, 3.8) is 0 Å². The summed E-state index contributed by atoms with van der Waals surface area (Å²) < 4.78 is 0. The molecule has 14 heavy (non-hydrogen) atoms. The van der Waals surface area contributed by atoms with Crippen LogP contribution in [0.3, 0.4) is 0 Å². The molecule has 0 N–H and O–H groups in total. The molecule has 0 saturated heterocycles. The maximum atomic E-state index is 6.14. The molecule has 1 saturated carbocycles. The third-order valence-corrected chi connectivity index (χ3v) is 3.56. The summed E-state index contributed by atoms with van der Waals surface area (Å²) in [6.07, 6.45) is 8.22. The van der Waals surface area contributed by atoms with Crippen LogP contribution in [0.15, 0.2) is 24.3 Å². The number of hydrogen-bond donors (Lipinski definition) is 0. The zero-order valence-electron chi connectivity index (χ0n) is 8.51. The molecule has 76 valence electrons. The van der Waals surface area contributed by atoms with Gasteiger partial charge in [0.2, 0.25) is 0 Å². The highest BCUT2D eigenvalue weighted by Crippen LogP contribution is 2.28. The zero-order valence-corrected chi connectivity index (χ0v) is 9.26. The first kappa shape index (κ1) is 10.0. The molecule has 0 radical (unpaired) electrons. The van der Waals surface area contributed by atoms with Crippen LogP contribution in [0, 0.1) is 5.92 Å². The van der Waals surface area contributed by atoms with Gasteiger partial charge in [-0.2, -0.15) is 0 Å². The predicted molar refractivity (Wildman–Crippen MR) is 61.7 cm³/mol. The van der Waals surface area contributed by atoms with E-state index in [0.717, 1.165) is 10.9 Å². The van der Waals surface area contributed by atoms with Crippen molar-refractivity contribution < 1.29 is 0 Å². The lowest BCUT2D eigenvalue weighted by Gasteiger charge is -2.21. The summed E-state index contributed by atoms with van der Waals surface area (Å²) in [5.41, 5.74) is 1.33. The van der Waals surface area contributed by atoms with Gasteiger partial charge in [-0.25, -0.2) is 0 Å². The van der Waals surface area contributed by atoms with Gasteiger partial charge in [-0.3, -0.25) is 0 Å². The number of benzene rings is 1. The molecular weight excluding hydrogens is 192 g/mol. The minimum atomic E-state index is 0.878. The van der Waals surface area contributed by atoms with E-state index in [-0.39, 0.29) is 0 Å². The van der Waals surface area contributed by atoms with Crippen molar-refractivity contribution in [2.24, 2.45) is 5.92 Å². The number of halogens is 1. The second-order valence-electron chi connectivity index (χ2n) is 4.30. The Kier molecular flexibility index (Phi) is 3.47. The summed E-state index contributed by atoms with van der Waals surface area (Å²) >= 11 is 6.14. The molecular formula is C13H17Cl. The van der Waals surface area contributed by atoms with E-state index in [1.54, 1.807) is 0 Å². The Morgan fingerprint density at radius 3 is 2.50 bits per heavy atom. The Bertz CT molecular complexity index is 287. The van der Waals surface area contributed by atoms with Crippen molar-refractivity contribution in [3.05, 3.63) is 34.9 Å². The van der Waals surface area contributed by atoms with Crippen LogP contribution < -0.4 is 0 Å². The first-order chi connectivity index (χ1) is 6.86. The van der Waals surface area contributed by atoms with Gasteiger partial charge >= 0.3 is 0 Å². The van der Waals surface area contributed by atoms with Crippen molar-refractivity contribution in [3.8, 4) is 0 Å². The fourth-order valence-corrected chi connectivity index (χ4v) is 2.58. The molecule has 0 amide bonds. The molecule has 1 aromatic carbocycles. The van der Waals surface area contributed by atoms with Crippen LogP contribution in [-0.4, -0.2) is 0 Å². The highest BCUT2D eigenvalue weighted by molar-refractivity contribution is 6.31. The van der Waals surface area contributed by atoms with Gasteiger partial charge in [-0.15, -0.1) is 0 Å². The van der Waals surface area contributed by atoms with E-state index in [0.29, 0.717) is 0 Å². The maximum absolute atomic E-state index is 6.14. The van der Waals surface area contributed by atoms with Crippen LogP contribution in [0.1, 0.15) is 37.7 Å². The molecule has 0 aromatic heterocycles. The van der Waals surface area contributed by atoms with E-state index < -0.39 is 0 Å².